The second-order valence-corrected chi connectivity index (χ2v) is 5.47. The molecule has 1 N–H and O–H groups in total. The first-order valence-electron chi connectivity index (χ1n) is 7.80. The van der Waals surface area contributed by atoms with Crippen molar-refractivity contribution >= 4 is 11.8 Å². The Hall–Kier alpha value is -1.84. The van der Waals surface area contributed by atoms with E-state index >= 15 is 0 Å². The van der Waals surface area contributed by atoms with E-state index in [1.165, 1.54) is 11.1 Å². The zero-order valence-electron chi connectivity index (χ0n) is 12.9. The third-order valence-corrected chi connectivity index (χ3v) is 4.10. The Balaban J connectivity index is 1.92. The fourth-order valence-electron chi connectivity index (χ4n) is 2.76. The quantitative estimate of drug-likeness (QED) is 0.900. The number of carbonyl (C=O) groups is 2. The molecule has 0 radical (unpaired) electrons. The molecular weight excluding hydrogens is 264 g/mol. The second kappa shape index (κ2) is 7.25. The van der Waals surface area contributed by atoms with Gasteiger partial charge >= 0.3 is 0 Å². The van der Waals surface area contributed by atoms with Crippen molar-refractivity contribution in [1.29, 1.82) is 0 Å². The number of amides is 2. The van der Waals surface area contributed by atoms with Crippen LogP contribution in [0.3, 0.4) is 0 Å². The maximum Gasteiger partial charge on any atom is 0.242 e. The summed E-state index contributed by atoms with van der Waals surface area (Å²) in [5.74, 6) is 0.0562. The number of hydrogen-bond donors (Lipinski definition) is 1. The molecule has 1 heterocycles. The number of nitrogens with zero attached hydrogens (tertiary/aromatic N) is 1. The van der Waals surface area contributed by atoms with Gasteiger partial charge in [-0.3, -0.25) is 9.59 Å². The van der Waals surface area contributed by atoms with Crippen LogP contribution < -0.4 is 5.32 Å². The van der Waals surface area contributed by atoms with Crippen molar-refractivity contribution in [2.24, 2.45) is 0 Å². The molecule has 0 spiro atoms. The normalized spacial score (nSPS) is 18.5. The molecule has 0 aromatic heterocycles. The standard InChI is InChI=1S/C17H24N2O2/c1-3-13-5-7-14(8-6-13)9-10-16(20)19-12-11-18-17(21)15(19)4-2/h5-8,15H,3-4,9-12H2,1-2H3,(H,18,21). The van der Waals surface area contributed by atoms with Gasteiger partial charge in [0.1, 0.15) is 6.04 Å². The number of piperazine rings is 1. The molecule has 1 unspecified atom stereocenters. The summed E-state index contributed by atoms with van der Waals surface area (Å²) in [5.41, 5.74) is 2.49. The zero-order chi connectivity index (χ0) is 15.2. The molecule has 0 bridgehead atoms. The Kier molecular flexibility index (Phi) is 5.37. The Bertz CT molecular complexity index is 496. The van der Waals surface area contributed by atoms with Gasteiger partial charge < -0.3 is 10.2 Å². The maximum absolute atomic E-state index is 12.4. The van der Waals surface area contributed by atoms with Gasteiger partial charge in [0.2, 0.25) is 11.8 Å². The molecule has 1 atom stereocenters. The highest BCUT2D eigenvalue weighted by Gasteiger charge is 2.30. The van der Waals surface area contributed by atoms with E-state index < -0.39 is 0 Å². The van der Waals surface area contributed by atoms with E-state index in [9.17, 15) is 9.59 Å². The summed E-state index contributed by atoms with van der Waals surface area (Å²) < 4.78 is 0. The molecule has 1 aromatic carbocycles. The highest BCUT2D eigenvalue weighted by atomic mass is 16.2. The molecule has 1 fully saturated rings. The largest absolute Gasteiger partial charge is 0.353 e. The smallest absolute Gasteiger partial charge is 0.242 e. The van der Waals surface area contributed by atoms with Crippen LogP contribution in [0.15, 0.2) is 24.3 Å². The van der Waals surface area contributed by atoms with Crippen molar-refractivity contribution in [3.63, 3.8) is 0 Å². The topological polar surface area (TPSA) is 49.4 Å². The highest BCUT2D eigenvalue weighted by molar-refractivity contribution is 5.88. The Morgan fingerprint density at radius 2 is 1.90 bits per heavy atom. The van der Waals surface area contributed by atoms with E-state index in [1.54, 1.807) is 4.90 Å². The summed E-state index contributed by atoms with van der Waals surface area (Å²) in [6, 6.07) is 8.11. The van der Waals surface area contributed by atoms with Crippen LogP contribution >= 0.6 is 0 Å². The molecule has 2 rings (SSSR count). The van der Waals surface area contributed by atoms with Gasteiger partial charge in [-0.05, 0) is 30.4 Å². The van der Waals surface area contributed by atoms with Crippen molar-refractivity contribution in [2.75, 3.05) is 13.1 Å². The minimum atomic E-state index is -0.297. The Labute approximate surface area is 126 Å². The molecule has 1 aliphatic rings. The SMILES string of the molecule is CCc1ccc(CCC(=O)N2CCNC(=O)C2CC)cc1. The number of carbonyl (C=O) groups excluding carboxylic acids is 2. The van der Waals surface area contributed by atoms with Gasteiger partial charge in [-0.2, -0.15) is 0 Å². The van der Waals surface area contributed by atoms with Gasteiger partial charge in [-0.15, -0.1) is 0 Å². The van der Waals surface area contributed by atoms with Gasteiger partial charge in [-0.1, -0.05) is 38.1 Å². The third kappa shape index (κ3) is 3.84. The molecule has 4 heteroatoms. The molecule has 1 aliphatic heterocycles. The average Bonchev–Trinajstić information content (AvgIpc) is 2.52. The van der Waals surface area contributed by atoms with Crippen LogP contribution in [0, 0.1) is 0 Å². The lowest BCUT2D eigenvalue weighted by atomic mass is 10.0. The van der Waals surface area contributed by atoms with E-state index in [4.69, 9.17) is 0 Å². The summed E-state index contributed by atoms with van der Waals surface area (Å²) in [6.07, 6.45) is 2.90. The zero-order valence-corrected chi connectivity index (χ0v) is 12.9. The molecule has 2 amide bonds. The first kappa shape index (κ1) is 15.5. The molecule has 0 saturated carbocycles. The second-order valence-electron chi connectivity index (χ2n) is 5.47. The van der Waals surface area contributed by atoms with Crippen LogP contribution in [0.5, 0.6) is 0 Å². The molecule has 114 valence electrons. The molecule has 0 aliphatic carbocycles. The lowest BCUT2D eigenvalue weighted by Gasteiger charge is -2.34. The lowest BCUT2D eigenvalue weighted by Crippen LogP contribution is -2.56. The van der Waals surface area contributed by atoms with Crippen LogP contribution in [0.2, 0.25) is 0 Å². The molecule has 1 aromatic rings. The van der Waals surface area contributed by atoms with Crippen molar-refractivity contribution in [1.82, 2.24) is 10.2 Å². The molecule has 1 saturated heterocycles. The molecule has 21 heavy (non-hydrogen) atoms. The summed E-state index contributed by atoms with van der Waals surface area (Å²) in [5, 5.41) is 2.82. The number of aryl methyl sites for hydroxylation is 2. The Morgan fingerprint density at radius 1 is 1.24 bits per heavy atom. The van der Waals surface area contributed by atoms with Crippen molar-refractivity contribution in [3.05, 3.63) is 35.4 Å². The fraction of sp³-hybridized carbons (Fsp3) is 0.529. The molecular formula is C17H24N2O2. The van der Waals surface area contributed by atoms with E-state index in [-0.39, 0.29) is 17.9 Å². The number of rotatable bonds is 5. The maximum atomic E-state index is 12.4. The molecule has 4 nitrogen and oxygen atoms in total. The van der Waals surface area contributed by atoms with Gasteiger partial charge in [0.25, 0.3) is 0 Å². The predicted octanol–water partition coefficient (Wildman–Crippen LogP) is 1.92. The minimum Gasteiger partial charge on any atom is -0.353 e. The third-order valence-electron chi connectivity index (χ3n) is 4.10. The van der Waals surface area contributed by atoms with E-state index in [2.05, 4.69) is 36.5 Å². The van der Waals surface area contributed by atoms with Gasteiger partial charge in [0.15, 0.2) is 0 Å². The summed E-state index contributed by atoms with van der Waals surface area (Å²) in [7, 11) is 0. The highest BCUT2D eigenvalue weighted by Crippen LogP contribution is 2.13. The van der Waals surface area contributed by atoms with Crippen LogP contribution in [0.25, 0.3) is 0 Å². The number of benzene rings is 1. The average molecular weight is 288 g/mol. The Morgan fingerprint density at radius 3 is 2.52 bits per heavy atom. The van der Waals surface area contributed by atoms with Crippen LogP contribution in [-0.2, 0) is 22.4 Å². The van der Waals surface area contributed by atoms with E-state index in [1.807, 2.05) is 6.92 Å². The van der Waals surface area contributed by atoms with Crippen LogP contribution in [0.1, 0.15) is 37.8 Å². The lowest BCUT2D eigenvalue weighted by molar-refractivity contribution is -0.143. The van der Waals surface area contributed by atoms with Gasteiger partial charge in [0.05, 0.1) is 0 Å². The fourth-order valence-corrected chi connectivity index (χ4v) is 2.76. The van der Waals surface area contributed by atoms with Crippen molar-refractivity contribution < 1.29 is 9.59 Å². The van der Waals surface area contributed by atoms with Crippen LogP contribution in [0.4, 0.5) is 0 Å². The van der Waals surface area contributed by atoms with Crippen molar-refractivity contribution in [2.45, 2.75) is 45.6 Å². The first-order valence-corrected chi connectivity index (χ1v) is 7.80. The monoisotopic (exact) mass is 288 g/mol. The summed E-state index contributed by atoms with van der Waals surface area (Å²) >= 11 is 0. The van der Waals surface area contributed by atoms with Gasteiger partial charge in [0, 0.05) is 19.5 Å². The first-order chi connectivity index (χ1) is 10.2. The minimum absolute atomic E-state index is 0.0237. The summed E-state index contributed by atoms with van der Waals surface area (Å²) in [6.45, 7) is 5.26. The van der Waals surface area contributed by atoms with Crippen LogP contribution in [-0.4, -0.2) is 35.8 Å². The predicted molar refractivity (Wildman–Crippen MR) is 82.9 cm³/mol. The van der Waals surface area contributed by atoms with Crippen molar-refractivity contribution in [3.8, 4) is 0 Å². The number of hydrogen-bond acceptors (Lipinski definition) is 2. The van der Waals surface area contributed by atoms with Gasteiger partial charge in [-0.25, -0.2) is 0 Å². The summed E-state index contributed by atoms with van der Waals surface area (Å²) in [4.78, 5) is 25.9. The number of nitrogens with one attached hydrogen (secondary N) is 1. The van der Waals surface area contributed by atoms with E-state index in [0.717, 1.165) is 12.8 Å². The van der Waals surface area contributed by atoms with E-state index in [0.29, 0.717) is 25.9 Å².